The van der Waals surface area contributed by atoms with Crippen LogP contribution in [0, 0.1) is 0 Å². The van der Waals surface area contributed by atoms with Crippen molar-refractivity contribution in [2.45, 2.75) is 38.1 Å². The first-order chi connectivity index (χ1) is 9.74. The summed E-state index contributed by atoms with van der Waals surface area (Å²) >= 11 is 0. The lowest BCUT2D eigenvalue weighted by Gasteiger charge is -2.35. The second kappa shape index (κ2) is 8.98. The molecule has 0 amide bonds. The second-order valence-corrected chi connectivity index (χ2v) is 6.78. The van der Waals surface area contributed by atoms with Gasteiger partial charge in [0, 0.05) is 45.3 Å². The molecular formula is C16H34N4. The van der Waals surface area contributed by atoms with Gasteiger partial charge in [0.05, 0.1) is 0 Å². The first kappa shape index (κ1) is 16.2. The molecule has 0 radical (unpaired) electrons. The highest BCUT2D eigenvalue weighted by atomic mass is 15.3. The lowest BCUT2D eigenvalue weighted by Crippen LogP contribution is -2.48. The van der Waals surface area contributed by atoms with Crippen molar-refractivity contribution in [1.29, 1.82) is 0 Å². The van der Waals surface area contributed by atoms with E-state index in [1.165, 1.54) is 84.5 Å². The first-order valence-electron chi connectivity index (χ1n) is 8.57. The van der Waals surface area contributed by atoms with Gasteiger partial charge in [-0.1, -0.05) is 6.42 Å². The molecule has 0 spiro atoms. The highest BCUT2D eigenvalue weighted by Crippen LogP contribution is 2.18. The molecule has 4 nitrogen and oxygen atoms in total. The number of unbranched alkanes of at least 4 members (excludes halogenated alkanes) is 2. The van der Waals surface area contributed by atoms with Crippen LogP contribution in [0.25, 0.3) is 0 Å². The van der Waals surface area contributed by atoms with Crippen LogP contribution in [-0.4, -0.2) is 87.2 Å². The molecule has 4 heteroatoms. The summed E-state index contributed by atoms with van der Waals surface area (Å²) in [5.41, 5.74) is 0. The average Bonchev–Trinajstić information content (AvgIpc) is 3.26. The van der Waals surface area contributed by atoms with E-state index in [4.69, 9.17) is 0 Å². The number of rotatable bonds is 10. The van der Waals surface area contributed by atoms with Crippen LogP contribution in [0.15, 0.2) is 0 Å². The molecule has 2 aliphatic rings. The van der Waals surface area contributed by atoms with Crippen molar-refractivity contribution in [3.63, 3.8) is 0 Å². The van der Waals surface area contributed by atoms with Crippen molar-refractivity contribution < 1.29 is 0 Å². The normalized spacial score (nSPS) is 21.8. The third kappa shape index (κ3) is 7.02. The minimum atomic E-state index is 0.880. The lowest BCUT2D eigenvalue weighted by molar-refractivity contribution is 0.124. The van der Waals surface area contributed by atoms with E-state index in [1.54, 1.807) is 0 Å². The predicted molar refractivity (Wildman–Crippen MR) is 86.3 cm³/mol. The Balaban J connectivity index is 1.40. The summed E-state index contributed by atoms with van der Waals surface area (Å²) in [7, 11) is 4.32. The van der Waals surface area contributed by atoms with Crippen molar-refractivity contribution >= 4 is 0 Å². The summed E-state index contributed by atoms with van der Waals surface area (Å²) in [6.45, 7) is 10.0. The van der Waals surface area contributed by atoms with Crippen LogP contribution in [0.4, 0.5) is 0 Å². The van der Waals surface area contributed by atoms with Gasteiger partial charge in [0.15, 0.2) is 0 Å². The maximum Gasteiger partial charge on any atom is 0.0110 e. The van der Waals surface area contributed by atoms with Gasteiger partial charge in [0.1, 0.15) is 0 Å². The van der Waals surface area contributed by atoms with E-state index in [1.807, 2.05) is 0 Å². The van der Waals surface area contributed by atoms with Crippen LogP contribution in [0.2, 0.25) is 0 Å². The number of piperazine rings is 1. The van der Waals surface area contributed by atoms with E-state index in [-0.39, 0.29) is 0 Å². The highest BCUT2D eigenvalue weighted by Gasteiger charge is 2.19. The van der Waals surface area contributed by atoms with Crippen LogP contribution in [-0.2, 0) is 0 Å². The molecule has 0 bridgehead atoms. The minimum absolute atomic E-state index is 0.880. The van der Waals surface area contributed by atoms with E-state index in [0.717, 1.165) is 6.04 Å². The van der Waals surface area contributed by atoms with Crippen LogP contribution < -0.4 is 5.32 Å². The van der Waals surface area contributed by atoms with Crippen molar-refractivity contribution in [2.75, 3.05) is 66.5 Å². The van der Waals surface area contributed by atoms with Gasteiger partial charge in [-0.2, -0.15) is 0 Å². The molecule has 1 aliphatic carbocycles. The standard InChI is InChI=1S/C16H34N4/c1-18(2)10-11-20-14-12-19(13-15-20)9-5-3-4-8-17-16-6-7-16/h16-17H,3-15H2,1-2H3. The predicted octanol–water partition coefficient (Wildman–Crippen LogP) is 1.09. The quantitative estimate of drug-likeness (QED) is 0.606. The summed E-state index contributed by atoms with van der Waals surface area (Å²) in [4.78, 5) is 7.54. The van der Waals surface area contributed by atoms with Crippen molar-refractivity contribution in [3.05, 3.63) is 0 Å². The van der Waals surface area contributed by atoms with Gasteiger partial charge in [-0.25, -0.2) is 0 Å². The molecular weight excluding hydrogens is 248 g/mol. The number of hydrogen-bond acceptors (Lipinski definition) is 4. The maximum absolute atomic E-state index is 3.60. The van der Waals surface area contributed by atoms with E-state index in [0.29, 0.717) is 0 Å². The fourth-order valence-corrected chi connectivity index (χ4v) is 2.81. The molecule has 0 aromatic carbocycles. The number of nitrogens with one attached hydrogen (secondary N) is 1. The third-order valence-corrected chi connectivity index (χ3v) is 4.49. The smallest absolute Gasteiger partial charge is 0.0110 e. The van der Waals surface area contributed by atoms with Gasteiger partial charge in [-0.15, -0.1) is 0 Å². The van der Waals surface area contributed by atoms with Crippen LogP contribution in [0.1, 0.15) is 32.1 Å². The third-order valence-electron chi connectivity index (χ3n) is 4.49. The molecule has 0 unspecified atom stereocenters. The molecule has 0 atom stereocenters. The molecule has 0 aromatic heterocycles. The average molecular weight is 282 g/mol. The largest absolute Gasteiger partial charge is 0.314 e. The first-order valence-corrected chi connectivity index (χ1v) is 8.57. The molecule has 2 rings (SSSR count). The molecule has 1 N–H and O–H groups in total. The number of nitrogens with zero attached hydrogens (tertiary/aromatic N) is 3. The number of hydrogen-bond donors (Lipinski definition) is 1. The zero-order valence-corrected chi connectivity index (χ0v) is 13.6. The fourth-order valence-electron chi connectivity index (χ4n) is 2.81. The number of likely N-dealkylation sites (N-methyl/N-ethyl adjacent to an activating group) is 1. The fraction of sp³-hybridized carbons (Fsp3) is 1.00. The second-order valence-electron chi connectivity index (χ2n) is 6.78. The van der Waals surface area contributed by atoms with Crippen molar-refractivity contribution in [1.82, 2.24) is 20.0 Å². The SMILES string of the molecule is CN(C)CCN1CCN(CCCCCNC2CC2)CC1. The summed E-state index contributed by atoms with van der Waals surface area (Å²) in [5, 5.41) is 3.60. The van der Waals surface area contributed by atoms with Gasteiger partial charge < -0.3 is 15.1 Å². The monoisotopic (exact) mass is 282 g/mol. The van der Waals surface area contributed by atoms with E-state index in [2.05, 4.69) is 34.1 Å². The summed E-state index contributed by atoms with van der Waals surface area (Å²) < 4.78 is 0. The van der Waals surface area contributed by atoms with E-state index in [9.17, 15) is 0 Å². The van der Waals surface area contributed by atoms with Crippen LogP contribution in [0.3, 0.4) is 0 Å². The Morgan fingerprint density at radius 2 is 1.55 bits per heavy atom. The minimum Gasteiger partial charge on any atom is -0.314 e. The molecule has 20 heavy (non-hydrogen) atoms. The maximum atomic E-state index is 3.60. The summed E-state index contributed by atoms with van der Waals surface area (Å²) in [6, 6.07) is 0.880. The molecule has 1 heterocycles. The molecule has 1 aliphatic heterocycles. The lowest BCUT2D eigenvalue weighted by atomic mass is 10.2. The Bertz CT molecular complexity index is 245. The van der Waals surface area contributed by atoms with Crippen molar-refractivity contribution in [2.24, 2.45) is 0 Å². The zero-order chi connectivity index (χ0) is 14.2. The van der Waals surface area contributed by atoms with Crippen molar-refractivity contribution in [3.8, 4) is 0 Å². The molecule has 1 saturated heterocycles. The van der Waals surface area contributed by atoms with E-state index >= 15 is 0 Å². The molecule has 0 aromatic rings. The van der Waals surface area contributed by atoms with Gasteiger partial charge in [-0.3, -0.25) is 4.90 Å². The van der Waals surface area contributed by atoms with E-state index < -0.39 is 0 Å². The molecule has 1 saturated carbocycles. The van der Waals surface area contributed by atoms with Crippen LogP contribution >= 0.6 is 0 Å². The Kier molecular flexibility index (Phi) is 7.28. The Morgan fingerprint density at radius 1 is 0.900 bits per heavy atom. The Labute approximate surface area is 125 Å². The van der Waals surface area contributed by atoms with Gasteiger partial charge in [0.25, 0.3) is 0 Å². The van der Waals surface area contributed by atoms with Gasteiger partial charge >= 0.3 is 0 Å². The summed E-state index contributed by atoms with van der Waals surface area (Å²) in [5.74, 6) is 0. The Hall–Kier alpha value is -0.160. The molecule has 2 fully saturated rings. The topological polar surface area (TPSA) is 21.8 Å². The molecule has 118 valence electrons. The van der Waals surface area contributed by atoms with Crippen LogP contribution in [0.5, 0.6) is 0 Å². The summed E-state index contributed by atoms with van der Waals surface area (Å²) in [6.07, 6.45) is 6.96. The zero-order valence-electron chi connectivity index (χ0n) is 13.6. The highest BCUT2D eigenvalue weighted by molar-refractivity contribution is 4.80. The Morgan fingerprint density at radius 3 is 2.15 bits per heavy atom. The van der Waals surface area contributed by atoms with Gasteiger partial charge in [0.2, 0.25) is 0 Å². The van der Waals surface area contributed by atoms with Gasteiger partial charge in [-0.05, 0) is 52.9 Å².